The molecule has 1 aromatic rings. The van der Waals surface area contributed by atoms with Crippen LogP contribution in [-0.4, -0.2) is 32.5 Å². The predicted molar refractivity (Wildman–Crippen MR) is 79.5 cm³/mol. The van der Waals surface area contributed by atoms with E-state index in [0.717, 1.165) is 11.3 Å². The molecule has 2 atom stereocenters. The van der Waals surface area contributed by atoms with Crippen LogP contribution in [0, 0.1) is 0 Å². The van der Waals surface area contributed by atoms with Crippen LogP contribution in [0.1, 0.15) is 25.5 Å². The summed E-state index contributed by atoms with van der Waals surface area (Å²) in [5.74, 6) is 0.362. The Morgan fingerprint density at radius 1 is 1.47 bits per heavy atom. The highest BCUT2D eigenvalue weighted by Crippen LogP contribution is 2.31. The van der Waals surface area contributed by atoms with Gasteiger partial charge >= 0.3 is 0 Å². The molecule has 4 nitrogen and oxygen atoms in total. The molecule has 0 saturated carbocycles. The molecular formula is C13H19ClN2O2S. The molecule has 2 N–H and O–H groups in total. The Labute approximate surface area is 119 Å². The Hall–Kier alpha value is -0.780. The first kappa shape index (κ1) is 14.6. The highest BCUT2D eigenvalue weighted by atomic mass is 35.5. The third-order valence-electron chi connectivity index (χ3n) is 3.48. The van der Waals surface area contributed by atoms with Gasteiger partial charge in [0.15, 0.2) is 9.84 Å². The van der Waals surface area contributed by atoms with E-state index in [1.54, 1.807) is 0 Å². The van der Waals surface area contributed by atoms with Crippen LogP contribution in [0.3, 0.4) is 0 Å². The van der Waals surface area contributed by atoms with Crippen LogP contribution in [-0.2, 0) is 9.84 Å². The van der Waals surface area contributed by atoms with Crippen molar-refractivity contribution in [2.75, 3.05) is 23.0 Å². The van der Waals surface area contributed by atoms with Crippen LogP contribution < -0.4 is 10.6 Å². The van der Waals surface area contributed by atoms with E-state index in [2.05, 4.69) is 0 Å². The van der Waals surface area contributed by atoms with E-state index >= 15 is 0 Å². The summed E-state index contributed by atoms with van der Waals surface area (Å²) in [6.45, 7) is 4.30. The van der Waals surface area contributed by atoms with Gasteiger partial charge < -0.3 is 10.6 Å². The van der Waals surface area contributed by atoms with Crippen molar-refractivity contribution in [3.8, 4) is 0 Å². The lowest BCUT2D eigenvalue weighted by atomic mass is 10.1. The van der Waals surface area contributed by atoms with Crippen LogP contribution in [0.25, 0.3) is 0 Å². The molecule has 0 spiro atoms. The monoisotopic (exact) mass is 302 g/mol. The van der Waals surface area contributed by atoms with E-state index in [-0.39, 0.29) is 23.6 Å². The lowest BCUT2D eigenvalue weighted by molar-refractivity contribution is 0.568. The summed E-state index contributed by atoms with van der Waals surface area (Å²) in [6.07, 6.45) is 0. The molecule has 1 unspecified atom stereocenters. The smallest absolute Gasteiger partial charge is 0.154 e. The first-order chi connectivity index (χ1) is 8.80. The fourth-order valence-electron chi connectivity index (χ4n) is 2.40. The van der Waals surface area contributed by atoms with Crippen molar-refractivity contribution in [2.24, 2.45) is 5.73 Å². The number of hydrogen-bond acceptors (Lipinski definition) is 4. The molecule has 2 rings (SSSR count). The quantitative estimate of drug-likeness (QED) is 0.907. The Kier molecular flexibility index (Phi) is 4.08. The summed E-state index contributed by atoms with van der Waals surface area (Å²) in [5.41, 5.74) is 7.68. The van der Waals surface area contributed by atoms with Gasteiger partial charge in [0, 0.05) is 18.6 Å². The zero-order chi connectivity index (χ0) is 14.2. The van der Waals surface area contributed by atoms with Crippen LogP contribution in [0.5, 0.6) is 0 Å². The maximum atomic E-state index is 11.6. The second-order valence-corrected chi connectivity index (χ2v) is 7.79. The fraction of sp³-hybridized carbons (Fsp3) is 0.538. The minimum Gasteiger partial charge on any atom is -0.366 e. The maximum absolute atomic E-state index is 11.6. The van der Waals surface area contributed by atoms with Gasteiger partial charge in [-0.2, -0.15) is 0 Å². The number of nitrogens with two attached hydrogens (primary N) is 1. The molecular weight excluding hydrogens is 284 g/mol. The molecule has 1 saturated heterocycles. The molecule has 1 aromatic carbocycles. The number of hydrogen-bond donors (Lipinski definition) is 1. The molecule has 0 bridgehead atoms. The molecule has 0 amide bonds. The lowest BCUT2D eigenvalue weighted by Gasteiger charge is -2.35. The highest BCUT2D eigenvalue weighted by Gasteiger charge is 2.29. The van der Waals surface area contributed by atoms with Gasteiger partial charge in [-0.15, -0.1) is 0 Å². The molecule has 1 heterocycles. The third kappa shape index (κ3) is 3.22. The van der Waals surface area contributed by atoms with E-state index in [4.69, 9.17) is 17.3 Å². The van der Waals surface area contributed by atoms with Gasteiger partial charge in [0.25, 0.3) is 0 Å². The Morgan fingerprint density at radius 3 is 2.68 bits per heavy atom. The molecule has 6 heteroatoms. The van der Waals surface area contributed by atoms with Crippen LogP contribution >= 0.6 is 11.6 Å². The van der Waals surface area contributed by atoms with E-state index in [1.807, 2.05) is 36.9 Å². The molecule has 106 valence electrons. The zero-order valence-corrected chi connectivity index (χ0v) is 12.7. The Morgan fingerprint density at radius 2 is 2.16 bits per heavy atom. The van der Waals surface area contributed by atoms with Crippen molar-refractivity contribution in [3.63, 3.8) is 0 Å². The predicted octanol–water partition coefficient (Wildman–Crippen LogP) is 1.98. The molecule has 1 aliphatic rings. The standard InChI is InChI=1S/C13H19ClN2O2S/c1-9-8-19(17,18)6-5-16(9)13-4-3-11(10(2)15)7-12(13)14/h3-4,7,9-10H,5-6,8,15H2,1-2H3/t9?,10-/m0/s1. The molecule has 1 aliphatic heterocycles. The normalized spacial score (nSPS) is 24.2. The number of benzene rings is 1. The van der Waals surface area contributed by atoms with Crippen LogP contribution in [0.15, 0.2) is 18.2 Å². The van der Waals surface area contributed by atoms with Gasteiger partial charge in [-0.25, -0.2) is 8.42 Å². The van der Waals surface area contributed by atoms with Gasteiger partial charge in [0.05, 0.1) is 22.2 Å². The molecule has 1 fully saturated rings. The maximum Gasteiger partial charge on any atom is 0.154 e. The molecule has 0 radical (unpaired) electrons. The second kappa shape index (κ2) is 5.31. The minimum atomic E-state index is -2.91. The summed E-state index contributed by atoms with van der Waals surface area (Å²) < 4.78 is 23.2. The van der Waals surface area contributed by atoms with E-state index < -0.39 is 9.84 Å². The van der Waals surface area contributed by atoms with Crippen molar-refractivity contribution in [1.29, 1.82) is 0 Å². The summed E-state index contributed by atoms with van der Waals surface area (Å²) in [6, 6.07) is 5.61. The molecule has 19 heavy (non-hydrogen) atoms. The molecule has 0 aliphatic carbocycles. The first-order valence-corrected chi connectivity index (χ1v) is 8.52. The highest BCUT2D eigenvalue weighted by molar-refractivity contribution is 7.91. The van der Waals surface area contributed by atoms with E-state index in [0.29, 0.717) is 11.6 Å². The van der Waals surface area contributed by atoms with Crippen molar-refractivity contribution >= 4 is 27.1 Å². The zero-order valence-electron chi connectivity index (χ0n) is 11.1. The third-order valence-corrected chi connectivity index (χ3v) is 5.57. The summed E-state index contributed by atoms with van der Waals surface area (Å²) in [4.78, 5) is 2.05. The largest absolute Gasteiger partial charge is 0.366 e. The molecule has 0 aromatic heterocycles. The van der Waals surface area contributed by atoms with E-state index in [1.165, 1.54) is 0 Å². The SMILES string of the molecule is CC1CS(=O)(=O)CCN1c1ccc([C@H](C)N)cc1Cl. The van der Waals surface area contributed by atoms with E-state index in [9.17, 15) is 8.42 Å². The summed E-state index contributed by atoms with van der Waals surface area (Å²) >= 11 is 6.30. The number of anilines is 1. The minimum absolute atomic E-state index is 0.0580. The van der Waals surface area contributed by atoms with Gasteiger partial charge in [-0.05, 0) is 31.5 Å². The summed E-state index contributed by atoms with van der Waals surface area (Å²) in [7, 11) is -2.91. The van der Waals surface area contributed by atoms with Gasteiger partial charge in [-0.1, -0.05) is 17.7 Å². The van der Waals surface area contributed by atoms with Gasteiger partial charge in [0.1, 0.15) is 0 Å². The number of halogens is 1. The Balaban J connectivity index is 2.28. The lowest BCUT2D eigenvalue weighted by Crippen LogP contribution is -2.47. The van der Waals surface area contributed by atoms with Crippen LogP contribution in [0.4, 0.5) is 5.69 Å². The Bertz CT molecular complexity index is 572. The van der Waals surface area contributed by atoms with Crippen molar-refractivity contribution < 1.29 is 8.42 Å². The number of sulfone groups is 1. The van der Waals surface area contributed by atoms with Gasteiger partial charge in [0.2, 0.25) is 0 Å². The van der Waals surface area contributed by atoms with Crippen LogP contribution in [0.2, 0.25) is 5.02 Å². The van der Waals surface area contributed by atoms with Crippen molar-refractivity contribution in [3.05, 3.63) is 28.8 Å². The topological polar surface area (TPSA) is 63.4 Å². The average Bonchev–Trinajstić information content (AvgIpc) is 2.29. The fourth-order valence-corrected chi connectivity index (χ4v) is 4.25. The van der Waals surface area contributed by atoms with Crippen molar-refractivity contribution in [1.82, 2.24) is 0 Å². The number of nitrogens with zero attached hydrogens (tertiary/aromatic N) is 1. The van der Waals surface area contributed by atoms with Gasteiger partial charge in [-0.3, -0.25) is 0 Å². The first-order valence-electron chi connectivity index (χ1n) is 6.32. The van der Waals surface area contributed by atoms with Crippen molar-refractivity contribution in [2.45, 2.75) is 25.9 Å². The average molecular weight is 303 g/mol. The number of rotatable bonds is 2. The summed E-state index contributed by atoms with van der Waals surface area (Å²) in [5, 5.41) is 0.626. The second-order valence-electron chi connectivity index (χ2n) is 5.16.